The average Bonchev–Trinajstić information content (AvgIpc) is 3.21. The predicted octanol–water partition coefficient (Wildman–Crippen LogP) is 3.61. The average molecular weight is 583 g/mol. The highest BCUT2D eigenvalue weighted by molar-refractivity contribution is 6.40. The highest BCUT2D eigenvalue weighted by atomic mass is 35.5. The Hall–Kier alpha value is -3.83. The molecule has 0 aliphatic heterocycles. The second-order valence-electron chi connectivity index (χ2n) is 8.39. The quantitative estimate of drug-likeness (QED) is 0.233. The Morgan fingerprint density at radius 1 is 0.769 bits per heavy atom. The first-order valence-corrected chi connectivity index (χ1v) is 12.9. The molecule has 0 aromatic heterocycles. The lowest BCUT2D eigenvalue weighted by atomic mass is 9.98. The number of fused-ring (bicyclic) bond motifs is 3. The first kappa shape index (κ1) is 31.4. The number of carbonyl (C=O) groups excluding carboxylic acids is 2. The number of amides is 2. The minimum Gasteiger partial charge on any atom is -0.481 e. The summed E-state index contributed by atoms with van der Waals surface area (Å²) in [5, 5.41) is 31.7. The van der Waals surface area contributed by atoms with Crippen molar-refractivity contribution in [2.75, 3.05) is 11.9 Å². The summed E-state index contributed by atoms with van der Waals surface area (Å²) in [6, 6.07) is 12.5. The highest BCUT2D eigenvalue weighted by Crippen LogP contribution is 2.44. The first-order valence-electron chi connectivity index (χ1n) is 11.8. The van der Waals surface area contributed by atoms with Crippen LogP contribution in [0.25, 0.3) is 11.1 Å². The second-order valence-corrected chi connectivity index (χ2v) is 9.20. The van der Waals surface area contributed by atoms with Gasteiger partial charge in [-0.15, -0.1) is 23.2 Å². The van der Waals surface area contributed by atoms with Gasteiger partial charge < -0.3 is 30.7 Å². The molecule has 11 nitrogen and oxygen atoms in total. The van der Waals surface area contributed by atoms with E-state index in [2.05, 4.69) is 10.6 Å². The number of benzene rings is 2. The zero-order chi connectivity index (χ0) is 28.9. The number of carboxylic acid groups (broad SMARTS) is 3. The van der Waals surface area contributed by atoms with Gasteiger partial charge in [0, 0.05) is 18.8 Å². The molecular weight excluding hydrogens is 555 g/mol. The third-order valence-electron chi connectivity index (χ3n) is 5.86. The van der Waals surface area contributed by atoms with Gasteiger partial charge in [-0.25, -0.2) is 9.59 Å². The third kappa shape index (κ3) is 9.45. The zero-order valence-corrected chi connectivity index (χ0v) is 22.2. The van der Waals surface area contributed by atoms with E-state index < -0.39 is 54.8 Å². The van der Waals surface area contributed by atoms with Crippen molar-refractivity contribution >= 4 is 53.1 Å². The molecule has 2 amide bonds. The summed E-state index contributed by atoms with van der Waals surface area (Å²) in [5.41, 5.74) is 4.02. The lowest BCUT2D eigenvalue weighted by molar-refractivity contribution is -0.144. The van der Waals surface area contributed by atoms with Crippen molar-refractivity contribution < 1.29 is 44.0 Å². The molecule has 2 aromatic carbocycles. The largest absolute Gasteiger partial charge is 0.481 e. The van der Waals surface area contributed by atoms with E-state index in [4.69, 9.17) is 38.2 Å². The molecule has 1 aliphatic rings. The van der Waals surface area contributed by atoms with Crippen LogP contribution >= 0.6 is 23.2 Å². The zero-order valence-electron chi connectivity index (χ0n) is 20.6. The van der Waals surface area contributed by atoms with Gasteiger partial charge in [0.15, 0.2) is 0 Å². The maximum atomic E-state index is 12.7. The van der Waals surface area contributed by atoms with Crippen LogP contribution in [0.5, 0.6) is 0 Å². The molecule has 13 heteroatoms. The monoisotopic (exact) mass is 582 g/mol. The summed E-state index contributed by atoms with van der Waals surface area (Å²) in [4.78, 5) is 58.4. The van der Waals surface area contributed by atoms with Gasteiger partial charge >= 0.3 is 24.0 Å². The van der Waals surface area contributed by atoms with Crippen molar-refractivity contribution in [3.63, 3.8) is 0 Å². The molecule has 3 rings (SSSR count). The van der Waals surface area contributed by atoms with Crippen molar-refractivity contribution in [3.8, 4) is 11.1 Å². The van der Waals surface area contributed by atoms with Crippen LogP contribution in [0, 0.1) is 0 Å². The summed E-state index contributed by atoms with van der Waals surface area (Å²) in [7, 11) is 0. The van der Waals surface area contributed by atoms with Crippen LogP contribution in [0.15, 0.2) is 48.5 Å². The van der Waals surface area contributed by atoms with Gasteiger partial charge in [0.05, 0.1) is 5.34 Å². The van der Waals surface area contributed by atoms with E-state index in [-0.39, 0.29) is 30.7 Å². The van der Waals surface area contributed by atoms with E-state index in [0.29, 0.717) is 0 Å². The van der Waals surface area contributed by atoms with Gasteiger partial charge in [-0.05, 0) is 35.1 Å². The van der Waals surface area contributed by atoms with Gasteiger partial charge in [0.25, 0.3) is 0 Å². The summed E-state index contributed by atoms with van der Waals surface area (Å²) >= 11 is 9.53. The second kappa shape index (κ2) is 15.6. The number of hydrogen-bond donors (Lipinski definition) is 5. The number of halogens is 2. The predicted molar refractivity (Wildman–Crippen MR) is 142 cm³/mol. The van der Waals surface area contributed by atoms with Crippen LogP contribution in [0.4, 0.5) is 4.79 Å². The summed E-state index contributed by atoms with van der Waals surface area (Å²) in [5.74, 6) is -5.11. The fourth-order valence-corrected chi connectivity index (χ4v) is 4.12. The molecular formula is C26H28Cl2N2O9. The van der Waals surface area contributed by atoms with E-state index in [0.717, 1.165) is 22.3 Å². The summed E-state index contributed by atoms with van der Waals surface area (Å²) in [6.45, 7) is -0.0382. The van der Waals surface area contributed by atoms with Crippen LogP contribution in [0.2, 0.25) is 0 Å². The molecule has 2 aromatic rings. The van der Waals surface area contributed by atoms with Crippen molar-refractivity contribution in [1.82, 2.24) is 10.6 Å². The molecule has 5 N–H and O–H groups in total. The Morgan fingerprint density at radius 3 is 1.69 bits per heavy atom. The van der Waals surface area contributed by atoms with Crippen molar-refractivity contribution in [2.24, 2.45) is 0 Å². The molecule has 0 bridgehead atoms. The van der Waals surface area contributed by atoms with E-state index in [1.54, 1.807) is 0 Å². The third-order valence-corrected chi connectivity index (χ3v) is 5.86. The molecule has 0 spiro atoms. The van der Waals surface area contributed by atoms with Gasteiger partial charge in [0.2, 0.25) is 5.91 Å². The molecule has 0 saturated heterocycles. The Labute approximate surface area is 234 Å². The van der Waals surface area contributed by atoms with Crippen LogP contribution in [-0.4, -0.2) is 69.3 Å². The van der Waals surface area contributed by atoms with Gasteiger partial charge in [-0.2, -0.15) is 0 Å². The van der Waals surface area contributed by atoms with Gasteiger partial charge in [-0.3, -0.25) is 14.4 Å². The number of rotatable bonds is 12. The molecule has 210 valence electrons. The molecule has 0 radical (unpaired) electrons. The molecule has 0 saturated carbocycles. The van der Waals surface area contributed by atoms with Gasteiger partial charge in [0.1, 0.15) is 18.7 Å². The fourth-order valence-electron chi connectivity index (χ4n) is 4.12. The fraction of sp³-hybridized carbons (Fsp3) is 0.346. The highest BCUT2D eigenvalue weighted by Gasteiger charge is 2.31. The van der Waals surface area contributed by atoms with Crippen LogP contribution in [0.3, 0.4) is 0 Å². The molecule has 2 unspecified atom stereocenters. The van der Waals surface area contributed by atoms with E-state index in [9.17, 15) is 29.1 Å². The van der Waals surface area contributed by atoms with Crippen molar-refractivity contribution in [2.45, 2.75) is 43.7 Å². The number of carboxylic acids is 3. The minimum absolute atomic E-state index is 0.0382. The summed E-state index contributed by atoms with van der Waals surface area (Å²) < 4.78 is 5.39. The van der Waals surface area contributed by atoms with Crippen LogP contribution < -0.4 is 10.6 Å². The minimum atomic E-state index is -1.52. The first-order chi connectivity index (χ1) is 18.6. The van der Waals surface area contributed by atoms with E-state index in [1.165, 1.54) is 0 Å². The lowest BCUT2D eigenvalue weighted by Crippen LogP contribution is -2.52. The number of alkyl carbamates (subject to hydrolysis) is 1. The van der Waals surface area contributed by atoms with E-state index >= 15 is 0 Å². The number of alkyl halides is 2. The number of carbonyl (C=O) groups is 5. The van der Waals surface area contributed by atoms with Crippen molar-refractivity contribution in [3.05, 3.63) is 59.7 Å². The molecule has 1 aliphatic carbocycles. The molecule has 2 atom stereocenters. The van der Waals surface area contributed by atoms with Crippen LogP contribution in [0.1, 0.15) is 42.7 Å². The maximum absolute atomic E-state index is 12.7. The maximum Gasteiger partial charge on any atom is 0.407 e. The number of hydrogen-bond acceptors (Lipinski definition) is 6. The smallest absolute Gasteiger partial charge is 0.407 e. The Balaban J connectivity index is 0.00000170. The summed E-state index contributed by atoms with van der Waals surface area (Å²) in [6.07, 6.45) is -2.66. The standard InChI is InChI=1S/C25H26N2O9.CH2Cl2/c28-21(29)11-9-19(23(32)26-20(24(33)34)10-12-22(30)31)27-25(35)36-13-18-16-7-3-1-5-14(16)15-6-2-4-8-17(15)18;2-1-3/h1-8,18-20H,9-13H2,(H,26,32)(H,27,35)(H,28,29)(H,30,31)(H,33,34);1H2. The van der Waals surface area contributed by atoms with Crippen molar-refractivity contribution in [1.29, 1.82) is 0 Å². The number of ether oxygens (including phenoxy) is 1. The Morgan fingerprint density at radius 2 is 1.23 bits per heavy atom. The normalized spacial score (nSPS) is 13.0. The Bertz CT molecular complexity index is 1150. The van der Waals surface area contributed by atoms with E-state index in [1.807, 2.05) is 48.5 Å². The number of aliphatic carboxylic acids is 3. The lowest BCUT2D eigenvalue weighted by Gasteiger charge is -2.21. The molecule has 39 heavy (non-hydrogen) atoms. The van der Waals surface area contributed by atoms with Crippen LogP contribution in [-0.2, 0) is 23.9 Å². The SMILES string of the molecule is ClCCl.O=C(O)CCC(NC(=O)C(CCC(=O)O)NC(=O)OCC1c2ccccc2-c2ccccc21)C(=O)O. The number of nitrogens with one attached hydrogen (secondary N) is 2. The molecule has 0 fully saturated rings. The Kier molecular flexibility index (Phi) is 12.5. The van der Waals surface area contributed by atoms with Gasteiger partial charge in [-0.1, -0.05) is 48.5 Å². The molecule has 0 heterocycles. The topological polar surface area (TPSA) is 179 Å².